The Labute approximate surface area is 151 Å². The van der Waals surface area contributed by atoms with Crippen molar-refractivity contribution >= 4 is 32.7 Å². The number of sulfonamides is 1. The second kappa shape index (κ2) is 7.61. The summed E-state index contributed by atoms with van der Waals surface area (Å²) in [5, 5.41) is 6.32. The third-order valence-corrected chi connectivity index (χ3v) is 8.55. The summed E-state index contributed by atoms with van der Waals surface area (Å²) in [6.45, 7) is 7.22. The van der Waals surface area contributed by atoms with Gasteiger partial charge in [0.15, 0.2) is 0 Å². The van der Waals surface area contributed by atoms with Crippen LogP contribution in [-0.4, -0.2) is 43.9 Å². The van der Waals surface area contributed by atoms with Crippen LogP contribution in [0.3, 0.4) is 0 Å². The highest BCUT2D eigenvalue weighted by atomic mass is 32.2. The van der Waals surface area contributed by atoms with Crippen molar-refractivity contribution in [3.8, 4) is 10.6 Å². The molecule has 1 aliphatic rings. The molecule has 3 heterocycles. The van der Waals surface area contributed by atoms with Gasteiger partial charge in [-0.3, -0.25) is 0 Å². The Hall–Kier alpha value is -0.800. The highest BCUT2D eigenvalue weighted by Crippen LogP contribution is 2.34. The molecular weight excluding hydrogens is 362 g/mol. The van der Waals surface area contributed by atoms with Crippen molar-refractivity contribution in [3.05, 3.63) is 22.5 Å². The topological polar surface area (TPSA) is 62.3 Å². The number of nitrogens with one attached hydrogen (secondary N) is 1. The average Bonchev–Trinajstić information content (AvgIpc) is 3.22. The number of nitrogens with zero attached hydrogens (tertiary/aromatic N) is 2. The SMILES string of the molecule is CCNCC1CCN(S(=O)(=O)c2ccc(-c3csc(C)n3)s2)CC1. The molecule has 0 amide bonds. The van der Waals surface area contributed by atoms with E-state index in [4.69, 9.17) is 0 Å². The van der Waals surface area contributed by atoms with E-state index < -0.39 is 10.0 Å². The molecule has 2 aromatic heterocycles. The molecule has 8 heteroatoms. The zero-order chi connectivity index (χ0) is 17.2. The minimum absolute atomic E-state index is 0.424. The third kappa shape index (κ3) is 3.88. The molecule has 24 heavy (non-hydrogen) atoms. The molecule has 132 valence electrons. The van der Waals surface area contributed by atoms with E-state index in [-0.39, 0.29) is 0 Å². The van der Waals surface area contributed by atoms with E-state index in [0.717, 1.165) is 41.5 Å². The summed E-state index contributed by atoms with van der Waals surface area (Å²) in [6, 6.07) is 3.58. The van der Waals surface area contributed by atoms with Gasteiger partial charge < -0.3 is 5.32 Å². The lowest BCUT2D eigenvalue weighted by molar-refractivity contribution is 0.269. The monoisotopic (exact) mass is 385 g/mol. The van der Waals surface area contributed by atoms with Crippen molar-refractivity contribution in [2.24, 2.45) is 5.92 Å². The molecule has 1 fully saturated rings. The van der Waals surface area contributed by atoms with Crippen molar-refractivity contribution in [3.63, 3.8) is 0 Å². The molecule has 0 bridgehead atoms. The van der Waals surface area contributed by atoms with Gasteiger partial charge in [-0.25, -0.2) is 13.4 Å². The van der Waals surface area contributed by atoms with E-state index in [0.29, 0.717) is 23.2 Å². The van der Waals surface area contributed by atoms with Crippen LogP contribution in [-0.2, 0) is 10.0 Å². The first kappa shape index (κ1) is 18.0. The molecule has 3 rings (SSSR count). The summed E-state index contributed by atoms with van der Waals surface area (Å²) < 4.78 is 27.8. The number of hydrogen-bond donors (Lipinski definition) is 1. The first-order valence-electron chi connectivity index (χ1n) is 8.24. The van der Waals surface area contributed by atoms with Gasteiger partial charge in [0, 0.05) is 18.5 Å². The van der Waals surface area contributed by atoms with Crippen LogP contribution < -0.4 is 5.32 Å². The Bertz CT molecular complexity index is 774. The third-order valence-electron chi connectivity index (χ3n) is 4.30. The zero-order valence-corrected chi connectivity index (χ0v) is 16.4. The standard InChI is InChI=1S/C16H23N3O2S3/c1-3-17-10-13-6-8-19(9-7-13)24(20,21)16-5-4-15(23-16)14-11-22-12(2)18-14/h4-5,11,13,17H,3,6-10H2,1-2H3. The predicted molar refractivity (Wildman–Crippen MR) is 100 cm³/mol. The number of aryl methyl sites for hydroxylation is 1. The van der Waals surface area contributed by atoms with Crippen molar-refractivity contribution in [1.29, 1.82) is 0 Å². The molecule has 0 atom stereocenters. The number of aromatic nitrogens is 1. The molecule has 1 aliphatic heterocycles. The van der Waals surface area contributed by atoms with Crippen LogP contribution in [0, 0.1) is 12.8 Å². The maximum Gasteiger partial charge on any atom is 0.252 e. The first-order chi connectivity index (χ1) is 11.5. The van der Waals surface area contributed by atoms with Gasteiger partial charge in [0.1, 0.15) is 4.21 Å². The molecule has 2 aromatic rings. The lowest BCUT2D eigenvalue weighted by Crippen LogP contribution is -2.40. The Morgan fingerprint density at radius 2 is 2.08 bits per heavy atom. The lowest BCUT2D eigenvalue weighted by atomic mass is 9.98. The summed E-state index contributed by atoms with van der Waals surface area (Å²) >= 11 is 2.90. The molecule has 0 unspecified atom stereocenters. The predicted octanol–water partition coefficient (Wildman–Crippen LogP) is 3.19. The number of rotatable bonds is 6. The molecule has 5 nitrogen and oxygen atoms in total. The fourth-order valence-corrected chi connectivity index (χ4v) is 6.48. The van der Waals surface area contributed by atoms with Crippen LogP contribution in [0.25, 0.3) is 10.6 Å². The van der Waals surface area contributed by atoms with E-state index in [2.05, 4.69) is 17.2 Å². The molecule has 0 aliphatic carbocycles. The van der Waals surface area contributed by atoms with E-state index in [1.165, 1.54) is 11.3 Å². The summed E-state index contributed by atoms with van der Waals surface area (Å²) in [7, 11) is -3.38. The van der Waals surface area contributed by atoms with Crippen LogP contribution in [0.4, 0.5) is 0 Å². The van der Waals surface area contributed by atoms with Crippen molar-refractivity contribution in [1.82, 2.24) is 14.6 Å². The minimum atomic E-state index is -3.38. The van der Waals surface area contributed by atoms with Gasteiger partial charge in [-0.2, -0.15) is 4.31 Å². The van der Waals surface area contributed by atoms with E-state index in [1.54, 1.807) is 21.7 Å². The molecule has 1 N–H and O–H groups in total. The average molecular weight is 386 g/mol. The minimum Gasteiger partial charge on any atom is -0.317 e. The van der Waals surface area contributed by atoms with E-state index in [9.17, 15) is 8.42 Å². The highest BCUT2D eigenvalue weighted by molar-refractivity contribution is 7.91. The molecular formula is C16H23N3O2S3. The van der Waals surface area contributed by atoms with Crippen LogP contribution in [0.1, 0.15) is 24.8 Å². The second-order valence-corrected chi connectivity index (χ2v) is 10.3. The maximum absolute atomic E-state index is 12.9. The Morgan fingerprint density at radius 3 is 2.71 bits per heavy atom. The molecule has 0 spiro atoms. The van der Waals surface area contributed by atoms with Crippen LogP contribution >= 0.6 is 22.7 Å². The smallest absolute Gasteiger partial charge is 0.252 e. The number of thiazole rings is 1. The highest BCUT2D eigenvalue weighted by Gasteiger charge is 2.30. The number of hydrogen-bond acceptors (Lipinski definition) is 6. The lowest BCUT2D eigenvalue weighted by Gasteiger charge is -2.30. The second-order valence-electron chi connectivity index (χ2n) is 6.03. The van der Waals surface area contributed by atoms with Gasteiger partial charge >= 0.3 is 0 Å². The van der Waals surface area contributed by atoms with Crippen LogP contribution in [0.15, 0.2) is 21.7 Å². The number of piperidine rings is 1. The van der Waals surface area contributed by atoms with Gasteiger partial charge in [0.05, 0.1) is 15.6 Å². The Balaban J connectivity index is 1.69. The van der Waals surface area contributed by atoms with E-state index in [1.807, 2.05) is 18.4 Å². The normalized spacial score (nSPS) is 17.4. The Kier molecular flexibility index (Phi) is 5.71. The quantitative estimate of drug-likeness (QED) is 0.829. The summed E-state index contributed by atoms with van der Waals surface area (Å²) in [6.07, 6.45) is 1.85. The van der Waals surface area contributed by atoms with E-state index >= 15 is 0 Å². The fraction of sp³-hybridized carbons (Fsp3) is 0.562. The summed E-state index contributed by atoms with van der Waals surface area (Å²) in [5.74, 6) is 0.577. The van der Waals surface area contributed by atoms with Gasteiger partial charge in [-0.1, -0.05) is 6.92 Å². The van der Waals surface area contributed by atoms with Crippen LogP contribution in [0.5, 0.6) is 0 Å². The van der Waals surface area contributed by atoms with Gasteiger partial charge in [-0.15, -0.1) is 22.7 Å². The molecule has 0 saturated carbocycles. The molecule has 1 saturated heterocycles. The van der Waals surface area contributed by atoms with Gasteiger partial charge in [-0.05, 0) is 50.9 Å². The van der Waals surface area contributed by atoms with Crippen molar-refractivity contribution in [2.45, 2.75) is 30.9 Å². The molecule has 0 aromatic carbocycles. The van der Waals surface area contributed by atoms with Gasteiger partial charge in [0.25, 0.3) is 10.0 Å². The van der Waals surface area contributed by atoms with Crippen LogP contribution in [0.2, 0.25) is 0 Å². The fourth-order valence-electron chi connectivity index (χ4n) is 2.90. The summed E-state index contributed by atoms with van der Waals surface area (Å²) in [5.41, 5.74) is 0.869. The maximum atomic E-state index is 12.9. The van der Waals surface area contributed by atoms with Crippen molar-refractivity contribution < 1.29 is 8.42 Å². The van der Waals surface area contributed by atoms with Gasteiger partial charge in [0.2, 0.25) is 0 Å². The first-order valence-corrected chi connectivity index (χ1v) is 11.4. The molecule has 0 radical (unpaired) electrons. The number of thiophene rings is 1. The zero-order valence-electron chi connectivity index (χ0n) is 14.0. The van der Waals surface area contributed by atoms with Crippen molar-refractivity contribution in [2.75, 3.05) is 26.2 Å². The summed E-state index contributed by atoms with van der Waals surface area (Å²) in [4.78, 5) is 5.36. The largest absolute Gasteiger partial charge is 0.317 e. The Morgan fingerprint density at radius 1 is 1.33 bits per heavy atom.